The molecule has 2 aromatic rings. The molecular formula is C14H7BrCl2N2OS2. The standard InChI is InChI=1S/C14H7BrCl2N2OS2/c15-7-4-8(21-6-7)5-11-13(20)19-14(22-11)18-10-3-1-2-9(16)12(10)17/h1-6H,(H,18,19,20)/b11-5+. The summed E-state index contributed by atoms with van der Waals surface area (Å²) in [5, 5.41) is 5.96. The van der Waals surface area contributed by atoms with E-state index in [1.807, 2.05) is 17.5 Å². The van der Waals surface area contributed by atoms with Crippen LogP contribution in [-0.2, 0) is 4.79 Å². The van der Waals surface area contributed by atoms with Crippen molar-refractivity contribution in [3.8, 4) is 0 Å². The van der Waals surface area contributed by atoms with Crippen molar-refractivity contribution in [2.24, 2.45) is 4.99 Å². The highest BCUT2D eigenvalue weighted by Gasteiger charge is 2.24. The lowest BCUT2D eigenvalue weighted by Gasteiger charge is -2.00. The van der Waals surface area contributed by atoms with Gasteiger partial charge in [-0.2, -0.15) is 0 Å². The van der Waals surface area contributed by atoms with Crippen LogP contribution in [0.25, 0.3) is 6.08 Å². The number of halogens is 3. The number of nitrogens with one attached hydrogen (secondary N) is 1. The summed E-state index contributed by atoms with van der Waals surface area (Å²) in [4.78, 5) is 17.9. The van der Waals surface area contributed by atoms with Crippen LogP contribution in [0.4, 0.5) is 5.69 Å². The highest BCUT2D eigenvalue weighted by molar-refractivity contribution is 9.10. The van der Waals surface area contributed by atoms with Crippen molar-refractivity contribution in [2.45, 2.75) is 0 Å². The largest absolute Gasteiger partial charge is 0.300 e. The lowest BCUT2D eigenvalue weighted by Crippen LogP contribution is -2.19. The molecule has 8 heteroatoms. The van der Waals surface area contributed by atoms with Crippen molar-refractivity contribution < 1.29 is 4.79 Å². The Morgan fingerprint density at radius 3 is 2.86 bits per heavy atom. The van der Waals surface area contributed by atoms with E-state index in [0.29, 0.717) is 25.8 Å². The van der Waals surface area contributed by atoms with Crippen molar-refractivity contribution in [3.63, 3.8) is 0 Å². The lowest BCUT2D eigenvalue weighted by molar-refractivity contribution is -0.115. The van der Waals surface area contributed by atoms with Crippen LogP contribution in [0.15, 0.2) is 44.0 Å². The van der Waals surface area contributed by atoms with Gasteiger partial charge in [-0.3, -0.25) is 4.79 Å². The number of thioether (sulfide) groups is 1. The smallest absolute Gasteiger partial charge is 0.264 e. The Hall–Kier alpha value is -0.790. The van der Waals surface area contributed by atoms with Crippen LogP contribution in [0.3, 0.4) is 0 Å². The van der Waals surface area contributed by atoms with E-state index in [9.17, 15) is 4.79 Å². The summed E-state index contributed by atoms with van der Waals surface area (Å²) in [5.74, 6) is -0.175. The zero-order valence-electron chi connectivity index (χ0n) is 10.8. The molecule has 0 aliphatic carbocycles. The molecule has 1 N–H and O–H groups in total. The number of carbonyl (C=O) groups excluding carboxylic acids is 1. The first-order valence-corrected chi connectivity index (χ1v) is 9.25. The molecule has 1 saturated heterocycles. The Bertz CT molecular complexity index is 817. The molecule has 2 heterocycles. The van der Waals surface area contributed by atoms with Gasteiger partial charge >= 0.3 is 0 Å². The molecular weight excluding hydrogens is 427 g/mol. The third kappa shape index (κ3) is 3.58. The molecule has 1 aromatic carbocycles. The van der Waals surface area contributed by atoms with Crippen LogP contribution in [-0.4, -0.2) is 11.1 Å². The van der Waals surface area contributed by atoms with Gasteiger partial charge in [-0.25, -0.2) is 4.99 Å². The third-order valence-corrected chi connectivity index (χ3v) is 6.02. The molecule has 1 amide bonds. The number of amides is 1. The lowest BCUT2D eigenvalue weighted by atomic mass is 10.3. The summed E-state index contributed by atoms with van der Waals surface area (Å²) in [6.45, 7) is 0. The van der Waals surface area contributed by atoms with Crippen LogP contribution in [0.5, 0.6) is 0 Å². The number of amidine groups is 1. The summed E-state index contributed by atoms with van der Waals surface area (Å²) in [6.07, 6.45) is 1.83. The van der Waals surface area contributed by atoms with Gasteiger partial charge in [0.05, 0.1) is 20.6 Å². The van der Waals surface area contributed by atoms with Crippen molar-refractivity contribution in [2.75, 3.05) is 0 Å². The molecule has 22 heavy (non-hydrogen) atoms. The second-order valence-corrected chi connectivity index (χ2v) is 7.90. The van der Waals surface area contributed by atoms with E-state index in [2.05, 4.69) is 26.2 Å². The minimum Gasteiger partial charge on any atom is -0.300 e. The predicted molar refractivity (Wildman–Crippen MR) is 99.3 cm³/mol. The van der Waals surface area contributed by atoms with Gasteiger partial charge in [0.2, 0.25) is 0 Å². The molecule has 0 radical (unpaired) electrons. The zero-order chi connectivity index (χ0) is 15.7. The first kappa shape index (κ1) is 16.1. The van der Waals surface area contributed by atoms with Gasteiger partial charge < -0.3 is 5.32 Å². The fourth-order valence-corrected chi connectivity index (χ4v) is 4.32. The van der Waals surface area contributed by atoms with Gasteiger partial charge in [0.1, 0.15) is 0 Å². The third-order valence-electron chi connectivity index (χ3n) is 2.67. The van der Waals surface area contributed by atoms with Gasteiger partial charge in [-0.1, -0.05) is 29.3 Å². The average Bonchev–Trinajstić information content (AvgIpc) is 3.02. The predicted octanol–water partition coefficient (Wildman–Crippen LogP) is 5.71. The monoisotopic (exact) mass is 432 g/mol. The average molecular weight is 434 g/mol. The molecule has 3 rings (SSSR count). The highest BCUT2D eigenvalue weighted by Crippen LogP contribution is 2.35. The fraction of sp³-hybridized carbons (Fsp3) is 0. The van der Waals surface area contributed by atoms with E-state index < -0.39 is 0 Å². The summed E-state index contributed by atoms with van der Waals surface area (Å²) < 4.78 is 0.993. The van der Waals surface area contributed by atoms with Gasteiger partial charge in [0, 0.05) is 14.7 Å². The summed E-state index contributed by atoms with van der Waals surface area (Å²) in [6, 6.07) is 7.14. The number of hydrogen-bond donors (Lipinski definition) is 1. The summed E-state index contributed by atoms with van der Waals surface area (Å²) >= 11 is 18.3. The number of aliphatic imine (C=N–C) groups is 1. The number of carbonyl (C=O) groups is 1. The molecule has 0 saturated carbocycles. The number of nitrogens with zero attached hydrogens (tertiary/aromatic N) is 1. The quantitative estimate of drug-likeness (QED) is 0.616. The molecule has 1 aliphatic heterocycles. The van der Waals surface area contributed by atoms with Crippen molar-refractivity contribution in [1.82, 2.24) is 5.32 Å². The van der Waals surface area contributed by atoms with E-state index >= 15 is 0 Å². The van der Waals surface area contributed by atoms with E-state index in [4.69, 9.17) is 23.2 Å². The molecule has 0 spiro atoms. The van der Waals surface area contributed by atoms with E-state index in [1.165, 1.54) is 11.8 Å². The van der Waals surface area contributed by atoms with E-state index in [0.717, 1.165) is 9.35 Å². The molecule has 0 unspecified atom stereocenters. The molecule has 0 bridgehead atoms. The highest BCUT2D eigenvalue weighted by atomic mass is 79.9. The minimum atomic E-state index is -0.175. The van der Waals surface area contributed by atoms with E-state index in [1.54, 1.807) is 29.5 Å². The maximum atomic E-state index is 12.0. The molecule has 1 aliphatic rings. The molecule has 1 aromatic heterocycles. The first-order chi connectivity index (χ1) is 10.5. The molecule has 0 atom stereocenters. The molecule has 112 valence electrons. The Morgan fingerprint density at radius 1 is 1.32 bits per heavy atom. The molecule has 1 fully saturated rings. The Kier molecular flexibility index (Phi) is 4.94. The van der Waals surface area contributed by atoms with Gasteiger partial charge in [-0.15, -0.1) is 11.3 Å². The number of benzene rings is 1. The first-order valence-electron chi connectivity index (χ1n) is 6.00. The second kappa shape index (κ2) is 6.76. The van der Waals surface area contributed by atoms with Crippen molar-refractivity contribution in [1.29, 1.82) is 0 Å². The molecule has 3 nitrogen and oxygen atoms in total. The van der Waals surface area contributed by atoms with Crippen molar-refractivity contribution >= 4 is 85.1 Å². The van der Waals surface area contributed by atoms with Crippen LogP contribution in [0.2, 0.25) is 10.0 Å². The van der Waals surface area contributed by atoms with Crippen LogP contribution in [0, 0.1) is 0 Å². The van der Waals surface area contributed by atoms with Gasteiger partial charge in [0.25, 0.3) is 5.91 Å². The van der Waals surface area contributed by atoms with Crippen LogP contribution in [0.1, 0.15) is 4.88 Å². The second-order valence-electron chi connectivity index (χ2n) is 4.22. The van der Waals surface area contributed by atoms with Crippen LogP contribution >= 0.6 is 62.2 Å². The van der Waals surface area contributed by atoms with Crippen LogP contribution < -0.4 is 5.32 Å². The van der Waals surface area contributed by atoms with E-state index in [-0.39, 0.29) is 5.91 Å². The normalized spacial score (nSPS) is 18.2. The topological polar surface area (TPSA) is 41.5 Å². The number of rotatable bonds is 2. The maximum absolute atomic E-state index is 12.0. The SMILES string of the molecule is O=C1NC(=Nc2cccc(Cl)c2Cl)S/C1=C/c1cc(Br)cs1. The number of hydrogen-bond acceptors (Lipinski definition) is 4. The Morgan fingerprint density at radius 2 is 2.14 bits per heavy atom. The Balaban J connectivity index is 1.87. The number of thiophene rings is 1. The fourth-order valence-electron chi connectivity index (χ4n) is 1.70. The Labute approximate surface area is 153 Å². The summed E-state index contributed by atoms with van der Waals surface area (Å²) in [7, 11) is 0. The summed E-state index contributed by atoms with van der Waals surface area (Å²) in [5.41, 5.74) is 0.525. The zero-order valence-corrected chi connectivity index (χ0v) is 15.5. The maximum Gasteiger partial charge on any atom is 0.264 e. The van der Waals surface area contributed by atoms with Crippen molar-refractivity contribution in [3.05, 3.63) is 53.9 Å². The van der Waals surface area contributed by atoms with Gasteiger partial charge in [0.15, 0.2) is 5.17 Å². The minimum absolute atomic E-state index is 0.175. The van der Waals surface area contributed by atoms with Gasteiger partial charge in [-0.05, 0) is 52.0 Å².